The third-order valence-electron chi connectivity index (χ3n) is 3.76. The summed E-state index contributed by atoms with van der Waals surface area (Å²) in [4.78, 5) is 22.8. The van der Waals surface area contributed by atoms with Crippen LogP contribution >= 0.6 is 0 Å². The van der Waals surface area contributed by atoms with Crippen LogP contribution in [0.15, 0.2) is 24.3 Å². The SMILES string of the molecule is Cc1cc(C)cc(-n2c(C)cc(C(=O)NCCC(=O)O)c2C)c1. The highest BCUT2D eigenvalue weighted by molar-refractivity contribution is 5.96. The Balaban J connectivity index is 2.32. The second-order valence-corrected chi connectivity index (χ2v) is 5.87. The van der Waals surface area contributed by atoms with Crippen molar-refractivity contribution in [3.05, 3.63) is 52.3 Å². The van der Waals surface area contributed by atoms with Crippen molar-refractivity contribution in [2.24, 2.45) is 0 Å². The molecule has 23 heavy (non-hydrogen) atoms. The van der Waals surface area contributed by atoms with Crippen molar-refractivity contribution >= 4 is 11.9 Å². The first-order valence-electron chi connectivity index (χ1n) is 7.57. The Morgan fingerprint density at radius 2 is 1.65 bits per heavy atom. The van der Waals surface area contributed by atoms with Crippen LogP contribution in [0.25, 0.3) is 5.69 Å². The topological polar surface area (TPSA) is 71.3 Å². The molecular weight excluding hydrogens is 292 g/mol. The minimum atomic E-state index is -0.925. The summed E-state index contributed by atoms with van der Waals surface area (Å²) in [5.74, 6) is -1.17. The summed E-state index contributed by atoms with van der Waals surface area (Å²) in [5.41, 5.74) is 5.75. The minimum Gasteiger partial charge on any atom is -0.481 e. The Hall–Kier alpha value is -2.56. The number of hydrogen-bond acceptors (Lipinski definition) is 2. The van der Waals surface area contributed by atoms with Crippen LogP contribution in [0.3, 0.4) is 0 Å². The molecule has 1 amide bonds. The monoisotopic (exact) mass is 314 g/mol. The van der Waals surface area contributed by atoms with E-state index < -0.39 is 5.97 Å². The van der Waals surface area contributed by atoms with Crippen molar-refractivity contribution < 1.29 is 14.7 Å². The van der Waals surface area contributed by atoms with E-state index in [1.165, 1.54) is 11.1 Å². The van der Waals surface area contributed by atoms with Crippen LogP contribution in [0.4, 0.5) is 0 Å². The van der Waals surface area contributed by atoms with Crippen LogP contribution < -0.4 is 5.32 Å². The van der Waals surface area contributed by atoms with Crippen molar-refractivity contribution in [2.45, 2.75) is 34.1 Å². The van der Waals surface area contributed by atoms with Crippen LogP contribution in [0.2, 0.25) is 0 Å². The summed E-state index contributed by atoms with van der Waals surface area (Å²) >= 11 is 0. The van der Waals surface area contributed by atoms with Gasteiger partial charge in [0.25, 0.3) is 5.91 Å². The molecule has 1 heterocycles. The molecule has 0 aliphatic rings. The number of hydrogen-bond donors (Lipinski definition) is 2. The molecule has 5 nitrogen and oxygen atoms in total. The number of nitrogens with one attached hydrogen (secondary N) is 1. The van der Waals surface area contributed by atoms with Crippen molar-refractivity contribution in [2.75, 3.05) is 6.54 Å². The number of carboxylic acids is 1. The largest absolute Gasteiger partial charge is 0.481 e. The molecule has 0 unspecified atom stereocenters. The predicted octanol–water partition coefficient (Wildman–Crippen LogP) is 2.92. The third kappa shape index (κ3) is 3.80. The molecule has 2 N–H and O–H groups in total. The number of aromatic nitrogens is 1. The van der Waals surface area contributed by atoms with Crippen LogP contribution in [-0.2, 0) is 4.79 Å². The van der Waals surface area contributed by atoms with E-state index in [0.29, 0.717) is 5.56 Å². The van der Waals surface area contributed by atoms with Gasteiger partial charge in [-0.05, 0) is 57.0 Å². The molecule has 2 rings (SSSR count). The van der Waals surface area contributed by atoms with E-state index in [9.17, 15) is 9.59 Å². The molecule has 1 aromatic heterocycles. The van der Waals surface area contributed by atoms with Gasteiger partial charge >= 0.3 is 5.97 Å². The van der Waals surface area contributed by atoms with Gasteiger partial charge in [-0.3, -0.25) is 9.59 Å². The van der Waals surface area contributed by atoms with E-state index in [0.717, 1.165) is 17.1 Å². The van der Waals surface area contributed by atoms with Crippen molar-refractivity contribution in [3.63, 3.8) is 0 Å². The molecule has 5 heteroatoms. The van der Waals surface area contributed by atoms with Crippen molar-refractivity contribution in [1.82, 2.24) is 9.88 Å². The molecule has 0 saturated heterocycles. The molecule has 0 radical (unpaired) electrons. The van der Waals surface area contributed by atoms with Gasteiger partial charge in [0.2, 0.25) is 0 Å². The quantitative estimate of drug-likeness (QED) is 0.891. The highest BCUT2D eigenvalue weighted by Crippen LogP contribution is 2.22. The number of carbonyl (C=O) groups excluding carboxylic acids is 1. The maximum absolute atomic E-state index is 12.3. The van der Waals surface area contributed by atoms with Gasteiger partial charge in [-0.25, -0.2) is 0 Å². The van der Waals surface area contributed by atoms with E-state index in [4.69, 9.17) is 5.11 Å². The fourth-order valence-electron chi connectivity index (χ4n) is 2.85. The number of amides is 1. The zero-order valence-corrected chi connectivity index (χ0v) is 13.9. The lowest BCUT2D eigenvalue weighted by Gasteiger charge is -2.12. The minimum absolute atomic E-state index is 0.0818. The second-order valence-electron chi connectivity index (χ2n) is 5.87. The van der Waals surface area contributed by atoms with Crippen LogP contribution in [-0.4, -0.2) is 28.1 Å². The maximum Gasteiger partial charge on any atom is 0.305 e. The van der Waals surface area contributed by atoms with Crippen molar-refractivity contribution in [1.29, 1.82) is 0 Å². The Bertz CT molecular complexity index is 740. The third-order valence-corrected chi connectivity index (χ3v) is 3.76. The van der Waals surface area contributed by atoms with Gasteiger partial charge in [-0.1, -0.05) is 6.07 Å². The number of benzene rings is 1. The lowest BCUT2D eigenvalue weighted by molar-refractivity contribution is -0.136. The van der Waals surface area contributed by atoms with Crippen LogP contribution in [0, 0.1) is 27.7 Å². The van der Waals surface area contributed by atoms with Gasteiger partial charge in [0.15, 0.2) is 0 Å². The van der Waals surface area contributed by atoms with E-state index in [1.54, 1.807) is 0 Å². The average molecular weight is 314 g/mol. The van der Waals surface area contributed by atoms with Crippen molar-refractivity contribution in [3.8, 4) is 5.69 Å². The van der Waals surface area contributed by atoms with Gasteiger partial charge in [0.05, 0.1) is 12.0 Å². The molecular formula is C18H22N2O3. The molecule has 0 bridgehead atoms. The molecule has 0 aliphatic carbocycles. The number of nitrogens with zero attached hydrogens (tertiary/aromatic N) is 1. The number of aliphatic carboxylic acids is 1. The standard InChI is InChI=1S/C18H22N2O3/c1-11-7-12(2)9-15(8-11)20-13(3)10-16(14(20)4)18(23)19-6-5-17(21)22/h7-10H,5-6H2,1-4H3,(H,19,23)(H,21,22). The molecule has 0 spiro atoms. The summed E-state index contributed by atoms with van der Waals surface area (Å²) in [5, 5.41) is 11.3. The number of carboxylic acid groups (broad SMARTS) is 1. The van der Waals surface area contributed by atoms with Gasteiger partial charge in [0.1, 0.15) is 0 Å². The Morgan fingerprint density at radius 3 is 2.22 bits per heavy atom. The molecule has 0 saturated carbocycles. The van der Waals surface area contributed by atoms with Crippen LogP contribution in [0.5, 0.6) is 0 Å². The summed E-state index contributed by atoms with van der Waals surface area (Å²) < 4.78 is 2.05. The summed E-state index contributed by atoms with van der Waals surface area (Å²) in [6.45, 7) is 8.07. The fraction of sp³-hybridized carbons (Fsp3) is 0.333. The molecule has 122 valence electrons. The van der Waals surface area contributed by atoms with Gasteiger partial charge in [-0.2, -0.15) is 0 Å². The zero-order chi connectivity index (χ0) is 17.1. The maximum atomic E-state index is 12.3. The number of carbonyl (C=O) groups is 2. The Morgan fingerprint density at radius 1 is 1.04 bits per heavy atom. The molecule has 0 aliphatic heterocycles. The first-order chi connectivity index (χ1) is 10.8. The number of aryl methyl sites for hydroxylation is 3. The highest BCUT2D eigenvalue weighted by atomic mass is 16.4. The lowest BCUT2D eigenvalue weighted by atomic mass is 10.1. The van der Waals surface area contributed by atoms with E-state index in [1.807, 2.05) is 38.3 Å². The first kappa shape index (κ1) is 16.8. The second kappa shape index (κ2) is 6.69. The van der Waals surface area contributed by atoms with E-state index in [-0.39, 0.29) is 18.9 Å². The van der Waals surface area contributed by atoms with Crippen LogP contribution in [0.1, 0.15) is 39.3 Å². The lowest BCUT2D eigenvalue weighted by Crippen LogP contribution is -2.26. The number of rotatable bonds is 5. The zero-order valence-electron chi connectivity index (χ0n) is 13.9. The smallest absolute Gasteiger partial charge is 0.305 e. The summed E-state index contributed by atoms with van der Waals surface area (Å²) in [7, 11) is 0. The van der Waals surface area contributed by atoms with Gasteiger partial charge < -0.3 is 15.0 Å². The molecule has 2 aromatic rings. The fourth-order valence-corrected chi connectivity index (χ4v) is 2.85. The van der Waals surface area contributed by atoms with Gasteiger partial charge in [0, 0.05) is 23.6 Å². The average Bonchev–Trinajstić information content (AvgIpc) is 2.72. The molecule has 0 fully saturated rings. The summed E-state index contributed by atoms with van der Waals surface area (Å²) in [6.07, 6.45) is -0.0818. The Kier molecular flexibility index (Phi) is 4.89. The molecule has 0 atom stereocenters. The first-order valence-corrected chi connectivity index (χ1v) is 7.57. The van der Waals surface area contributed by atoms with E-state index in [2.05, 4.69) is 23.5 Å². The van der Waals surface area contributed by atoms with E-state index >= 15 is 0 Å². The highest BCUT2D eigenvalue weighted by Gasteiger charge is 2.17. The van der Waals surface area contributed by atoms with Gasteiger partial charge in [-0.15, -0.1) is 0 Å². The molecule has 1 aromatic carbocycles. The normalized spacial score (nSPS) is 10.6. The summed E-state index contributed by atoms with van der Waals surface area (Å²) in [6, 6.07) is 8.11. The predicted molar refractivity (Wildman–Crippen MR) is 89.3 cm³/mol. The Labute approximate surface area is 135 Å².